The molecule has 0 spiro atoms. The minimum absolute atomic E-state index is 0.205. The average Bonchev–Trinajstić information content (AvgIpc) is 2.41. The van der Waals surface area contributed by atoms with Crippen LogP contribution in [0.15, 0.2) is 18.2 Å². The largest absolute Gasteiger partial charge is 0.366 e. The predicted octanol–water partition coefficient (Wildman–Crippen LogP) is 4.08. The average molecular weight is 299 g/mol. The molecule has 4 heteroatoms. The minimum atomic E-state index is -0.350. The maximum atomic E-state index is 13.3. The molecule has 1 aliphatic heterocycles. The van der Waals surface area contributed by atoms with E-state index in [-0.39, 0.29) is 10.8 Å². The molecule has 20 heavy (non-hydrogen) atoms. The maximum absolute atomic E-state index is 13.3. The summed E-state index contributed by atoms with van der Waals surface area (Å²) in [6, 6.07) is 5.98. The summed E-state index contributed by atoms with van der Waals surface area (Å²) in [6.45, 7) is 8.61. The van der Waals surface area contributed by atoms with Crippen molar-refractivity contribution in [1.29, 1.82) is 0 Å². The highest BCUT2D eigenvalue weighted by Gasteiger charge is 2.27. The molecule has 112 valence electrons. The molecule has 2 atom stereocenters. The summed E-state index contributed by atoms with van der Waals surface area (Å²) in [4.78, 5) is 2.37. The van der Waals surface area contributed by atoms with Crippen LogP contribution in [-0.2, 0) is 0 Å². The summed E-state index contributed by atoms with van der Waals surface area (Å²) in [7, 11) is 0. The van der Waals surface area contributed by atoms with Crippen molar-refractivity contribution in [2.75, 3.05) is 18.0 Å². The van der Waals surface area contributed by atoms with Gasteiger partial charge in [0.25, 0.3) is 0 Å². The number of nitrogens with one attached hydrogen (secondary N) is 1. The fraction of sp³-hybridized carbons (Fsp3) is 0.625. The molecule has 2 nitrogen and oxygen atoms in total. The van der Waals surface area contributed by atoms with Crippen molar-refractivity contribution >= 4 is 17.3 Å². The molecule has 1 aliphatic rings. The number of anilines is 1. The molecular weight excluding hydrogens is 275 g/mol. The number of halogens is 2. The summed E-state index contributed by atoms with van der Waals surface area (Å²) in [5.74, 6) is 0.321. The maximum Gasteiger partial charge on any atom is 0.141 e. The molecule has 1 N–H and O–H groups in total. The number of benzene rings is 1. The number of piperazine rings is 1. The Kier molecular flexibility index (Phi) is 5.28. The summed E-state index contributed by atoms with van der Waals surface area (Å²) in [6.07, 6.45) is 2.22. The highest BCUT2D eigenvalue weighted by atomic mass is 35.5. The Hall–Kier alpha value is -0.800. The highest BCUT2D eigenvalue weighted by Crippen LogP contribution is 2.27. The Labute approximate surface area is 126 Å². The third kappa shape index (κ3) is 3.64. The lowest BCUT2D eigenvalue weighted by molar-refractivity contribution is 0.343. The van der Waals surface area contributed by atoms with Gasteiger partial charge in [-0.3, -0.25) is 0 Å². The van der Waals surface area contributed by atoms with Gasteiger partial charge in [-0.1, -0.05) is 32.4 Å². The van der Waals surface area contributed by atoms with E-state index in [9.17, 15) is 4.39 Å². The van der Waals surface area contributed by atoms with Crippen LogP contribution in [0.3, 0.4) is 0 Å². The van der Waals surface area contributed by atoms with E-state index in [1.807, 2.05) is 6.07 Å². The van der Waals surface area contributed by atoms with E-state index in [2.05, 4.69) is 31.0 Å². The van der Waals surface area contributed by atoms with Gasteiger partial charge in [0.05, 0.1) is 5.02 Å². The predicted molar refractivity (Wildman–Crippen MR) is 84.1 cm³/mol. The first kappa shape index (κ1) is 15.6. The van der Waals surface area contributed by atoms with Gasteiger partial charge in [0, 0.05) is 30.9 Å². The Morgan fingerprint density at radius 3 is 2.80 bits per heavy atom. The molecule has 2 rings (SSSR count). The Morgan fingerprint density at radius 2 is 2.20 bits per heavy atom. The number of rotatable bonds is 4. The van der Waals surface area contributed by atoms with Gasteiger partial charge in [-0.2, -0.15) is 0 Å². The summed E-state index contributed by atoms with van der Waals surface area (Å²) >= 11 is 5.93. The number of hydrogen-bond donors (Lipinski definition) is 1. The van der Waals surface area contributed by atoms with Crippen molar-refractivity contribution in [1.82, 2.24) is 5.32 Å². The van der Waals surface area contributed by atoms with Crippen LogP contribution in [0.2, 0.25) is 5.02 Å². The molecule has 1 fully saturated rings. The van der Waals surface area contributed by atoms with E-state index in [0.29, 0.717) is 18.0 Å². The fourth-order valence-corrected chi connectivity index (χ4v) is 3.11. The fourth-order valence-electron chi connectivity index (χ4n) is 2.94. The van der Waals surface area contributed by atoms with Crippen LogP contribution in [0.5, 0.6) is 0 Å². The molecule has 1 saturated heterocycles. The zero-order chi connectivity index (χ0) is 14.7. The first-order valence-electron chi connectivity index (χ1n) is 7.46. The van der Waals surface area contributed by atoms with Crippen molar-refractivity contribution in [2.45, 2.75) is 45.7 Å². The molecule has 0 aliphatic carbocycles. The Bertz CT molecular complexity index is 450. The van der Waals surface area contributed by atoms with Gasteiger partial charge in [0.15, 0.2) is 0 Å². The van der Waals surface area contributed by atoms with Crippen LogP contribution in [0, 0.1) is 11.7 Å². The monoisotopic (exact) mass is 298 g/mol. The first-order valence-corrected chi connectivity index (χ1v) is 7.84. The molecular formula is C16H24ClFN2. The molecule has 1 heterocycles. The molecule has 0 saturated carbocycles. The van der Waals surface area contributed by atoms with Gasteiger partial charge in [-0.25, -0.2) is 4.39 Å². The van der Waals surface area contributed by atoms with Gasteiger partial charge < -0.3 is 10.2 Å². The topological polar surface area (TPSA) is 15.3 Å². The van der Waals surface area contributed by atoms with Crippen LogP contribution in [-0.4, -0.2) is 25.2 Å². The van der Waals surface area contributed by atoms with E-state index >= 15 is 0 Å². The molecule has 0 radical (unpaired) electrons. The second-order valence-electron chi connectivity index (χ2n) is 6.05. The standard InChI is InChI=1S/C16H24ClFN2/c1-4-13-9-19-12(7-11(2)3)10-20(13)14-5-6-16(18)15(17)8-14/h5-6,8,11-13,19H,4,7,9-10H2,1-3H3. The molecule has 0 amide bonds. The van der Waals surface area contributed by atoms with Gasteiger partial charge in [0.1, 0.15) is 5.82 Å². The smallest absolute Gasteiger partial charge is 0.141 e. The zero-order valence-corrected chi connectivity index (χ0v) is 13.3. The highest BCUT2D eigenvalue weighted by molar-refractivity contribution is 6.31. The third-order valence-electron chi connectivity index (χ3n) is 3.96. The second-order valence-corrected chi connectivity index (χ2v) is 6.45. The number of nitrogens with zero attached hydrogens (tertiary/aromatic N) is 1. The molecule has 2 unspecified atom stereocenters. The summed E-state index contributed by atoms with van der Waals surface area (Å²) in [5.41, 5.74) is 1.03. The van der Waals surface area contributed by atoms with Crippen LogP contribution in [0.25, 0.3) is 0 Å². The lowest BCUT2D eigenvalue weighted by Gasteiger charge is -2.42. The van der Waals surface area contributed by atoms with E-state index in [1.165, 1.54) is 6.07 Å². The second kappa shape index (κ2) is 6.77. The van der Waals surface area contributed by atoms with Gasteiger partial charge in [-0.15, -0.1) is 0 Å². The van der Waals surface area contributed by atoms with Crippen LogP contribution >= 0.6 is 11.6 Å². The summed E-state index contributed by atoms with van der Waals surface area (Å²) < 4.78 is 13.3. The first-order chi connectivity index (χ1) is 9.51. The summed E-state index contributed by atoms with van der Waals surface area (Å²) in [5, 5.41) is 3.83. The Morgan fingerprint density at radius 1 is 1.45 bits per heavy atom. The van der Waals surface area contributed by atoms with E-state index in [0.717, 1.165) is 31.6 Å². The van der Waals surface area contributed by atoms with Gasteiger partial charge in [-0.05, 0) is 37.0 Å². The molecule has 0 bridgehead atoms. The van der Waals surface area contributed by atoms with Gasteiger partial charge >= 0.3 is 0 Å². The lowest BCUT2D eigenvalue weighted by atomic mass is 9.98. The lowest BCUT2D eigenvalue weighted by Crippen LogP contribution is -2.56. The third-order valence-corrected chi connectivity index (χ3v) is 4.25. The van der Waals surface area contributed by atoms with Crippen LogP contribution in [0.1, 0.15) is 33.6 Å². The van der Waals surface area contributed by atoms with E-state index < -0.39 is 0 Å². The van der Waals surface area contributed by atoms with Crippen molar-refractivity contribution in [2.24, 2.45) is 5.92 Å². The quantitative estimate of drug-likeness (QED) is 0.901. The van der Waals surface area contributed by atoms with E-state index in [4.69, 9.17) is 11.6 Å². The van der Waals surface area contributed by atoms with Crippen molar-refractivity contribution in [3.05, 3.63) is 29.0 Å². The Balaban J connectivity index is 2.17. The van der Waals surface area contributed by atoms with Crippen molar-refractivity contribution < 1.29 is 4.39 Å². The van der Waals surface area contributed by atoms with Crippen molar-refractivity contribution in [3.63, 3.8) is 0 Å². The molecule has 1 aromatic carbocycles. The molecule has 0 aromatic heterocycles. The zero-order valence-electron chi connectivity index (χ0n) is 12.5. The van der Waals surface area contributed by atoms with Crippen LogP contribution < -0.4 is 10.2 Å². The van der Waals surface area contributed by atoms with Crippen molar-refractivity contribution in [3.8, 4) is 0 Å². The minimum Gasteiger partial charge on any atom is -0.366 e. The normalized spacial score (nSPS) is 23.4. The SMILES string of the molecule is CCC1CNC(CC(C)C)CN1c1ccc(F)c(Cl)c1. The van der Waals surface area contributed by atoms with E-state index in [1.54, 1.807) is 6.07 Å². The molecule has 1 aromatic rings. The number of hydrogen-bond acceptors (Lipinski definition) is 2. The van der Waals surface area contributed by atoms with Crippen LogP contribution in [0.4, 0.5) is 10.1 Å². The van der Waals surface area contributed by atoms with Gasteiger partial charge in [0.2, 0.25) is 0 Å².